The zero-order chi connectivity index (χ0) is 14.8. The van der Waals surface area contributed by atoms with Gasteiger partial charge in [0.15, 0.2) is 0 Å². The predicted octanol–water partition coefficient (Wildman–Crippen LogP) is 2.77. The summed E-state index contributed by atoms with van der Waals surface area (Å²) < 4.78 is 10.2. The Kier molecular flexibility index (Phi) is 3.90. The molecular formula is C16H19NO4. The molecule has 0 bridgehead atoms. The van der Waals surface area contributed by atoms with Crippen LogP contribution < -0.4 is 4.74 Å². The Morgan fingerprint density at radius 2 is 2.10 bits per heavy atom. The molecule has 0 atom stereocenters. The van der Waals surface area contributed by atoms with Gasteiger partial charge in [-0.05, 0) is 24.5 Å². The first kappa shape index (κ1) is 14.0. The van der Waals surface area contributed by atoms with E-state index in [1.165, 1.54) is 26.2 Å². The van der Waals surface area contributed by atoms with E-state index in [-0.39, 0.29) is 5.88 Å². The van der Waals surface area contributed by atoms with Crippen molar-refractivity contribution >= 4 is 11.9 Å². The molecule has 2 heterocycles. The Balaban J connectivity index is 2.02. The normalized spacial score (nSPS) is 18.8. The summed E-state index contributed by atoms with van der Waals surface area (Å²) in [6.07, 6.45) is 6.54. The van der Waals surface area contributed by atoms with Gasteiger partial charge in [-0.2, -0.15) is 0 Å². The van der Waals surface area contributed by atoms with E-state index >= 15 is 0 Å². The molecule has 1 saturated carbocycles. The van der Waals surface area contributed by atoms with Crippen LogP contribution in [0.5, 0.6) is 5.88 Å². The lowest BCUT2D eigenvalue weighted by Crippen LogP contribution is -2.22. The highest BCUT2D eigenvalue weighted by Gasteiger charge is 2.28. The molecule has 5 heteroatoms. The number of carbonyl (C=O) groups is 2. The number of nitrogens with zero attached hydrogens (tertiary/aromatic N) is 1. The lowest BCUT2D eigenvalue weighted by molar-refractivity contribution is -0.132. The highest BCUT2D eigenvalue weighted by Crippen LogP contribution is 2.35. The van der Waals surface area contributed by atoms with E-state index in [1.807, 2.05) is 6.07 Å². The fraction of sp³-hybridized carbons (Fsp3) is 0.562. The van der Waals surface area contributed by atoms with Gasteiger partial charge in [0.25, 0.3) is 0 Å². The zero-order valence-electron chi connectivity index (χ0n) is 12.2. The fourth-order valence-corrected chi connectivity index (χ4v) is 3.15. The Labute approximate surface area is 123 Å². The van der Waals surface area contributed by atoms with Crippen LogP contribution in [0.3, 0.4) is 0 Å². The molecule has 0 radical (unpaired) electrons. The summed E-state index contributed by atoms with van der Waals surface area (Å²) in [6, 6.07) is 2.00. The Morgan fingerprint density at radius 1 is 1.33 bits per heavy atom. The molecule has 112 valence electrons. The molecule has 1 aliphatic carbocycles. The van der Waals surface area contributed by atoms with E-state index in [2.05, 4.69) is 4.98 Å². The molecule has 0 amide bonds. The lowest BCUT2D eigenvalue weighted by atomic mass is 9.85. The monoisotopic (exact) mass is 289 g/mol. The molecule has 0 spiro atoms. The molecule has 3 rings (SSSR count). The number of rotatable bonds is 2. The number of aromatic nitrogens is 1. The highest BCUT2D eigenvalue weighted by molar-refractivity contribution is 5.95. The summed E-state index contributed by atoms with van der Waals surface area (Å²) >= 11 is 0. The Morgan fingerprint density at radius 3 is 2.81 bits per heavy atom. The van der Waals surface area contributed by atoms with Crippen LogP contribution in [0.15, 0.2) is 6.07 Å². The number of carbonyl (C=O) groups excluding carboxylic acids is 2. The number of fused-ring (bicyclic) bond motifs is 1. The summed E-state index contributed by atoms with van der Waals surface area (Å²) in [5.41, 5.74) is 2.15. The van der Waals surface area contributed by atoms with Crippen molar-refractivity contribution in [2.75, 3.05) is 6.61 Å². The van der Waals surface area contributed by atoms with Gasteiger partial charge in [-0.3, -0.25) is 4.79 Å². The van der Waals surface area contributed by atoms with Gasteiger partial charge in [0.2, 0.25) is 5.88 Å². The minimum Gasteiger partial charge on any atom is -0.462 e. The van der Waals surface area contributed by atoms with Crippen LogP contribution in [0.4, 0.5) is 0 Å². The van der Waals surface area contributed by atoms with Crippen molar-refractivity contribution in [2.24, 2.45) is 0 Å². The number of ether oxygens (including phenoxy) is 2. The van der Waals surface area contributed by atoms with Gasteiger partial charge in [0, 0.05) is 25.0 Å². The molecule has 2 aliphatic rings. The fourth-order valence-electron chi connectivity index (χ4n) is 3.15. The molecule has 0 saturated heterocycles. The van der Waals surface area contributed by atoms with Crippen LogP contribution >= 0.6 is 0 Å². The molecule has 1 aromatic heterocycles. The number of cyclic esters (lactones) is 1. The van der Waals surface area contributed by atoms with Crippen molar-refractivity contribution in [1.29, 1.82) is 0 Å². The Hall–Kier alpha value is -1.91. The topological polar surface area (TPSA) is 65.5 Å². The van der Waals surface area contributed by atoms with Gasteiger partial charge in [-0.25, -0.2) is 9.78 Å². The molecule has 0 aromatic carbocycles. The first-order chi connectivity index (χ1) is 10.1. The van der Waals surface area contributed by atoms with Gasteiger partial charge in [0.1, 0.15) is 5.56 Å². The maximum atomic E-state index is 11.9. The van der Waals surface area contributed by atoms with Crippen molar-refractivity contribution in [3.8, 4) is 5.88 Å². The molecule has 21 heavy (non-hydrogen) atoms. The third-order valence-corrected chi connectivity index (χ3v) is 4.16. The van der Waals surface area contributed by atoms with Gasteiger partial charge in [0.05, 0.1) is 6.61 Å². The molecular weight excluding hydrogens is 270 g/mol. The van der Waals surface area contributed by atoms with Gasteiger partial charge >= 0.3 is 11.9 Å². The smallest absolute Gasteiger partial charge is 0.343 e. The summed E-state index contributed by atoms with van der Waals surface area (Å²) in [7, 11) is 0. The summed E-state index contributed by atoms with van der Waals surface area (Å²) in [6.45, 7) is 1.69. The number of pyridine rings is 1. The van der Waals surface area contributed by atoms with Crippen molar-refractivity contribution in [3.63, 3.8) is 0 Å². The second-order valence-corrected chi connectivity index (χ2v) is 5.70. The predicted molar refractivity (Wildman–Crippen MR) is 75.4 cm³/mol. The third kappa shape index (κ3) is 2.91. The van der Waals surface area contributed by atoms with E-state index in [4.69, 9.17) is 9.47 Å². The maximum Gasteiger partial charge on any atom is 0.343 e. The quantitative estimate of drug-likeness (QED) is 0.783. The maximum absolute atomic E-state index is 11.9. The third-order valence-electron chi connectivity index (χ3n) is 4.16. The van der Waals surface area contributed by atoms with Crippen LogP contribution in [0.25, 0.3) is 0 Å². The van der Waals surface area contributed by atoms with E-state index in [9.17, 15) is 9.59 Å². The number of esters is 2. The van der Waals surface area contributed by atoms with Crippen LogP contribution in [0.2, 0.25) is 0 Å². The number of hydrogen-bond acceptors (Lipinski definition) is 5. The van der Waals surface area contributed by atoms with Gasteiger partial charge < -0.3 is 9.47 Å². The zero-order valence-corrected chi connectivity index (χ0v) is 12.2. The van der Waals surface area contributed by atoms with Gasteiger partial charge in [-0.15, -0.1) is 0 Å². The number of hydrogen-bond donors (Lipinski definition) is 0. The van der Waals surface area contributed by atoms with E-state index in [0.717, 1.165) is 24.1 Å². The van der Waals surface area contributed by atoms with Gasteiger partial charge in [-0.1, -0.05) is 19.3 Å². The minimum absolute atomic E-state index is 0.116. The molecule has 0 N–H and O–H groups in total. The first-order valence-corrected chi connectivity index (χ1v) is 7.54. The lowest BCUT2D eigenvalue weighted by Gasteiger charge is -2.24. The minimum atomic E-state index is -0.469. The van der Waals surface area contributed by atoms with Crippen LogP contribution in [-0.2, 0) is 16.0 Å². The summed E-state index contributed by atoms with van der Waals surface area (Å²) in [4.78, 5) is 27.7. The molecule has 1 fully saturated rings. The average Bonchev–Trinajstić information content (AvgIpc) is 2.47. The van der Waals surface area contributed by atoms with Crippen molar-refractivity contribution in [1.82, 2.24) is 4.98 Å². The van der Waals surface area contributed by atoms with Crippen LogP contribution in [-0.4, -0.2) is 23.5 Å². The van der Waals surface area contributed by atoms with Crippen molar-refractivity contribution in [2.45, 2.75) is 51.4 Å². The highest BCUT2D eigenvalue weighted by atomic mass is 16.6. The Bertz CT molecular complexity index is 576. The second-order valence-electron chi connectivity index (χ2n) is 5.70. The van der Waals surface area contributed by atoms with Crippen LogP contribution in [0.1, 0.15) is 66.6 Å². The molecule has 1 aromatic rings. The average molecular weight is 289 g/mol. The standard InChI is InChI=1S/C16H19NO4/c1-10(18)21-15-14-12(7-8-20-16(14)19)9-13(17-15)11-5-3-2-4-6-11/h9,11H,2-8H2,1H3. The van der Waals surface area contributed by atoms with E-state index in [0.29, 0.717) is 24.5 Å². The van der Waals surface area contributed by atoms with E-state index < -0.39 is 11.9 Å². The summed E-state index contributed by atoms with van der Waals surface area (Å²) in [5, 5.41) is 0. The SMILES string of the molecule is CC(=O)Oc1nc(C2CCCCC2)cc2c1C(=O)OCC2. The van der Waals surface area contributed by atoms with Crippen LogP contribution in [0, 0.1) is 0 Å². The summed E-state index contributed by atoms with van der Waals surface area (Å²) in [5.74, 6) is -0.402. The first-order valence-electron chi connectivity index (χ1n) is 7.54. The van der Waals surface area contributed by atoms with E-state index in [1.54, 1.807) is 0 Å². The molecule has 1 aliphatic heterocycles. The second kappa shape index (κ2) is 5.84. The largest absolute Gasteiger partial charge is 0.462 e. The van der Waals surface area contributed by atoms with Crippen molar-refractivity contribution < 1.29 is 19.1 Å². The molecule has 5 nitrogen and oxygen atoms in total. The van der Waals surface area contributed by atoms with Crippen molar-refractivity contribution in [3.05, 3.63) is 22.9 Å². The molecule has 0 unspecified atom stereocenters.